The minimum atomic E-state index is -0.442. The van der Waals surface area contributed by atoms with Crippen LogP contribution >= 0.6 is 0 Å². The molecule has 4 nitrogen and oxygen atoms in total. The van der Waals surface area contributed by atoms with Crippen molar-refractivity contribution in [1.29, 1.82) is 0 Å². The van der Waals surface area contributed by atoms with E-state index in [0.29, 0.717) is 32.2 Å². The van der Waals surface area contributed by atoms with Gasteiger partial charge in [-0.25, -0.2) is 4.79 Å². The van der Waals surface area contributed by atoms with Crippen LogP contribution in [0.5, 0.6) is 0 Å². The van der Waals surface area contributed by atoms with Gasteiger partial charge in [0.15, 0.2) is 5.79 Å². The van der Waals surface area contributed by atoms with Crippen LogP contribution in [-0.4, -0.2) is 25.0 Å². The highest BCUT2D eigenvalue weighted by atomic mass is 16.7. The largest absolute Gasteiger partial charge is 0.457 e. The van der Waals surface area contributed by atoms with Gasteiger partial charge in [-0.3, -0.25) is 0 Å². The molecule has 22 heavy (non-hydrogen) atoms. The molecule has 2 fully saturated rings. The summed E-state index contributed by atoms with van der Waals surface area (Å²) in [6, 6.07) is 9.76. The molecule has 1 spiro atoms. The third-order valence-electron chi connectivity index (χ3n) is 5.01. The standard InChI is InChI=1S/C18H20O4/c19-17(20-12-13-4-2-1-3-5-13)15-10-14-6-7-18(16(14)11-15)21-8-9-22-18/h1-5,10,14,16H,6-9,11-12H2/t14-,16+/m1/s1. The monoisotopic (exact) mass is 300 g/mol. The lowest BCUT2D eigenvalue weighted by Crippen LogP contribution is -2.35. The van der Waals surface area contributed by atoms with Gasteiger partial charge in [0.05, 0.1) is 13.2 Å². The molecule has 0 unspecified atom stereocenters. The molecule has 1 heterocycles. The van der Waals surface area contributed by atoms with Gasteiger partial charge in [0.2, 0.25) is 0 Å². The van der Waals surface area contributed by atoms with Crippen LogP contribution in [0.1, 0.15) is 24.8 Å². The maximum Gasteiger partial charge on any atom is 0.334 e. The Labute approximate surface area is 130 Å². The molecule has 1 saturated carbocycles. The first-order chi connectivity index (χ1) is 10.8. The van der Waals surface area contributed by atoms with Crippen molar-refractivity contribution in [2.45, 2.75) is 31.7 Å². The first-order valence-corrected chi connectivity index (χ1v) is 7.96. The lowest BCUT2D eigenvalue weighted by molar-refractivity contribution is -0.182. The molecule has 3 aliphatic rings. The van der Waals surface area contributed by atoms with Crippen LogP contribution in [0.4, 0.5) is 0 Å². The molecule has 1 aromatic carbocycles. The Morgan fingerprint density at radius 1 is 1.23 bits per heavy atom. The third kappa shape index (κ3) is 2.36. The number of carbonyl (C=O) groups excluding carboxylic acids is 1. The Kier molecular flexibility index (Phi) is 3.51. The summed E-state index contributed by atoms with van der Waals surface area (Å²) in [4.78, 5) is 12.3. The fourth-order valence-corrected chi connectivity index (χ4v) is 3.95. The van der Waals surface area contributed by atoms with Crippen molar-refractivity contribution in [3.63, 3.8) is 0 Å². The fourth-order valence-electron chi connectivity index (χ4n) is 3.95. The van der Waals surface area contributed by atoms with Crippen molar-refractivity contribution >= 4 is 5.97 Å². The Morgan fingerprint density at radius 3 is 2.77 bits per heavy atom. The van der Waals surface area contributed by atoms with Crippen molar-refractivity contribution in [3.8, 4) is 0 Å². The maximum absolute atomic E-state index is 12.3. The highest BCUT2D eigenvalue weighted by Crippen LogP contribution is 2.52. The number of rotatable bonds is 3. The molecule has 0 aromatic heterocycles. The van der Waals surface area contributed by atoms with Crippen molar-refractivity contribution in [3.05, 3.63) is 47.5 Å². The van der Waals surface area contributed by atoms with Crippen LogP contribution in [0.3, 0.4) is 0 Å². The summed E-state index contributed by atoms with van der Waals surface area (Å²) in [5, 5.41) is 0. The molecule has 2 aliphatic carbocycles. The topological polar surface area (TPSA) is 44.8 Å². The SMILES string of the molecule is O=C(OCc1ccccc1)C1=C[C@H]2CCC3(OCCO3)[C@H]2C1. The molecule has 0 N–H and O–H groups in total. The summed E-state index contributed by atoms with van der Waals surface area (Å²) in [5.74, 6) is 0.0147. The normalized spacial score (nSPS) is 28.6. The summed E-state index contributed by atoms with van der Waals surface area (Å²) in [6.07, 6.45) is 4.75. The molecular formula is C18H20O4. The molecule has 1 aromatic rings. The van der Waals surface area contributed by atoms with E-state index < -0.39 is 5.79 Å². The van der Waals surface area contributed by atoms with Gasteiger partial charge in [0.1, 0.15) is 6.61 Å². The molecule has 0 amide bonds. The van der Waals surface area contributed by atoms with E-state index in [1.54, 1.807) is 0 Å². The predicted molar refractivity (Wildman–Crippen MR) is 79.8 cm³/mol. The summed E-state index contributed by atoms with van der Waals surface area (Å²) in [7, 11) is 0. The zero-order chi connectivity index (χ0) is 15.0. The molecule has 0 bridgehead atoms. The zero-order valence-electron chi connectivity index (χ0n) is 12.5. The van der Waals surface area contributed by atoms with E-state index in [-0.39, 0.29) is 11.9 Å². The Morgan fingerprint density at radius 2 is 2.00 bits per heavy atom. The molecule has 4 rings (SSSR count). The highest BCUT2D eigenvalue weighted by molar-refractivity contribution is 5.89. The quantitative estimate of drug-likeness (QED) is 0.805. The maximum atomic E-state index is 12.3. The van der Waals surface area contributed by atoms with Gasteiger partial charge in [-0.1, -0.05) is 36.4 Å². The first-order valence-electron chi connectivity index (χ1n) is 7.96. The molecule has 1 saturated heterocycles. The number of benzene rings is 1. The molecule has 0 radical (unpaired) electrons. The molecular weight excluding hydrogens is 280 g/mol. The van der Waals surface area contributed by atoms with Gasteiger partial charge in [0.25, 0.3) is 0 Å². The Balaban J connectivity index is 1.39. The first kappa shape index (κ1) is 14.0. The third-order valence-corrected chi connectivity index (χ3v) is 5.01. The predicted octanol–water partition coefficient (Wildman–Crippen LogP) is 2.83. The smallest absolute Gasteiger partial charge is 0.334 e. The number of carbonyl (C=O) groups is 1. The summed E-state index contributed by atoms with van der Waals surface area (Å²) < 4.78 is 17.2. The number of hydrogen-bond acceptors (Lipinski definition) is 4. The van der Waals surface area contributed by atoms with E-state index in [4.69, 9.17) is 14.2 Å². The number of esters is 1. The summed E-state index contributed by atoms with van der Waals surface area (Å²) >= 11 is 0. The van der Waals surface area contributed by atoms with Crippen LogP contribution in [0, 0.1) is 11.8 Å². The van der Waals surface area contributed by atoms with Crippen LogP contribution in [0.15, 0.2) is 42.0 Å². The Hall–Kier alpha value is -1.65. The van der Waals surface area contributed by atoms with Crippen LogP contribution in [-0.2, 0) is 25.6 Å². The Bertz CT molecular complexity index is 586. The fraction of sp³-hybridized carbons (Fsp3) is 0.500. The van der Waals surface area contributed by atoms with Crippen molar-refractivity contribution in [2.24, 2.45) is 11.8 Å². The van der Waals surface area contributed by atoms with Gasteiger partial charge in [-0.05, 0) is 24.3 Å². The highest BCUT2D eigenvalue weighted by Gasteiger charge is 2.54. The van der Waals surface area contributed by atoms with Crippen LogP contribution in [0.2, 0.25) is 0 Å². The van der Waals surface area contributed by atoms with Crippen LogP contribution in [0.25, 0.3) is 0 Å². The van der Waals surface area contributed by atoms with Crippen molar-refractivity contribution in [2.75, 3.05) is 13.2 Å². The van der Waals surface area contributed by atoms with Gasteiger partial charge >= 0.3 is 5.97 Å². The van der Waals surface area contributed by atoms with Crippen LogP contribution < -0.4 is 0 Å². The number of hydrogen-bond donors (Lipinski definition) is 0. The lowest BCUT2D eigenvalue weighted by Gasteiger charge is -2.28. The second-order valence-corrected chi connectivity index (χ2v) is 6.28. The van der Waals surface area contributed by atoms with Crippen molar-refractivity contribution < 1.29 is 19.0 Å². The summed E-state index contributed by atoms with van der Waals surface area (Å²) in [5.41, 5.74) is 1.79. The van der Waals surface area contributed by atoms with Gasteiger partial charge in [-0.15, -0.1) is 0 Å². The van der Waals surface area contributed by atoms with E-state index in [1.165, 1.54) is 0 Å². The van der Waals surface area contributed by atoms with E-state index in [0.717, 1.165) is 24.0 Å². The van der Waals surface area contributed by atoms with Gasteiger partial charge in [0, 0.05) is 17.9 Å². The van der Waals surface area contributed by atoms with E-state index in [2.05, 4.69) is 6.08 Å². The molecule has 2 atom stereocenters. The molecule has 4 heteroatoms. The number of fused-ring (bicyclic) bond motifs is 2. The lowest BCUT2D eigenvalue weighted by atomic mass is 9.95. The molecule has 116 valence electrons. The molecule has 1 aliphatic heterocycles. The second kappa shape index (κ2) is 5.52. The average Bonchev–Trinajstić information content (AvgIpc) is 3.25. The second-order valence-electron chi connectivity index (χ2n) is 6.28. The minimum absolute atomic E-state index is 0.202. The van der Waals surface area contributed by atoms with E-state index in [9.17, 15) is 4.79 Å². The summed E-state index contributed by atoms with van der Waals surface area (Å²) in [6.45, 7) is 1.65. The number of allylic oxidation sites excluding steroid dienone is 1. The van der Waals surface area contributed by atoms with Gasteiger partial charge < -0.3 is 14.2 Å². The van der Waals surface area contributed by atoms with Crippen molar-refractivity contribution in [1.82, 2.24) is 0 Å². The number of ether oxygens (including phenoxy) is 3. The van der Waals surface area contributed by atoms with E-state index >= 15 is 0 Å². The van der Waals surface area contributed by atoms with E-state index in [1.807, 2.05) is 30.3 Å². The average molecular weight is 300 g/mol. The van der Waals surface area contributed by atoms with Gasteiger partial charge in [-0.2, -0.15) is 0 Å². The minimum Gasteiger partial charge on any atom is -0.457 e. The zero-order valence-corrected chi connectivity index (χ0v) is 12.5.